The third-order valence-electron chi connectivity index (χ3n) is 4.79. The van der Waals surface area contributed by atoms with Crippen LogP contribution in [0.2, 0.25) is 5.15 Å². The molecule has 0 atom stereocenters. The zero-order chi connectivity index (χ0) is 20.3. The maximum atomic E-state index is 12.1. The topological polar surface area (TPSA) is 57.7 Å². The molecule has 1 fully saturated rings. The molecule has 1 aliphatic heterocycles. The number of benzene rings is 1. The van der Waals surface area contributed by atoms with Gasteiger partial charge in [-0.1, -0.05) is 11.6 Å². The fraction of sp³-hybridized carbons (Fsp3) is 0.524. The zero-order valence-electron chi connectivity index (χ0n) is 17.1. The summed E-state index contributed by atoms with van der Waals surface area (Å²) in [5.41, 5.74) is 1.67. The first-order chi connectivity index (χ1) is 13.2. The van der Waals surface area contributed by atoms with Crippen LogP contribution in [0.5, 0.6) is 5.75 Å². The molecule has 3 rings (SSSR count). The molecule has 1 aromatic heterocycles. The van der Waals surface area contributed by atoms with Gasteiger partial charge in [0.15, 0.2) is 0 Å². The highest BCUT2D eigenvalue weighted by Gasteiger charge is 2.22. The van der Waals surface area contributed by atoms with E-state index in [1.165, 1.54) is 0 Å². The zero-order valence-corrected chi connectivity index (χ0v) is 17.8. The summed E-state index contributed by atoms with van der Waals surface area (Å²) in [5, 5.41) is 4.61. The van der Waals surface area contributed by atoms with E-state index in [4.69, 9.17) is 16.3 Å². The first-order valence-electron chi connectivity index (χ1n) is 9.62. The van der Waals surface area contributed by atoms with Crippen LogP contribution in [0.3, 0.4) is 0 Å². The first-order valence-corrected chi connectivity index (χ1v) is 10.0. The molecule has 2 aromatic rings. The molecule has 6 nitrogen and oxygen atoms in total. The molecule has 0 saturated carbocycles. The molecule has 7 heteroatoms. The number of hydrogen-bond acceptors (Lipinski definition) is 5. The SMILES string of the molecule is COc1ccc2cc(CN3CCN(CC(=O)NC(C)(C)C)CC3)c(Cl)nc2c1. The average Bonchev–Trinajstić information content (AvgIpc) is 2.62. The number of carbonyl (C=O) groups is 1. The molecule has 28 heavy (non-hydrogen) atoms. The van der Waals surface area contributed by atoms with Crippen molar-refractivity contribution in [1.82, 2.24) is 20.1 Å². The van der Waals surface area contributed by atoms with E-state index in [-0.39, 0.29) is 11.4 Å². The number of halogens is 1. The maximum Gasteiger partial charge on any atom is 0.234 e. The minimum atomic E-state index is -0.192. The van der Waals surface area contributed by atoms with Gasteiger partial charge in [-0.3, -0.25) is 14.6 Å². The normalized spacial score (nSPS) is 16.3. The summed E-state index contributed by atoms with van der Waals surface area (Å²) in [7, 11) is 1.64. The Kier molecular flexibility index (Phi) is 6.43. The molecule has 1 aromatic carbocycles. The second-order valence-electron chi connectivity index (χ2n) is 8.35. The molecule has 1 N–H and O–H groups in total. The fourth-order valence-corrected chi connectivity index (χ4v) is 3.62. The van der Waals surface area contributed by atoms with Gasteiger partial charge in [0.25, 0.3) is 0 Å². The molecule has 1 saturated heterocycles. The molecule has 0 aliphatic carbocycles. The number of carbonyl (C=O) groups excluding carboxylic acids is 1. The van der Waals surface area contributed by atoms with Crippen molar-refractivity contribution in [2.24, 2.45) is 0 Å². The number of rotatable bonds is 5. The second kappa shape index (κ2) is 8.64. The molecule has 0 bridgehead atoms. The van der Waals surface area contributed by atoms with Crippen LogP contribution in [0.1, 0.15) is 26.3 Å². The second-order valence-corrected chi connectivity index (χ2v) is 8.71. The van der Waals surface area contributed by atoms with Gasteiger partial charge < -0.3 is 10.1 Å². The first kappa shape index (κ1) is 20.8. The van der Waals surface area contributed by atoms with Gasteiger partial charge >= 0.3 is 0 Å². The van der Waals surface area contributed by atoms with Gasteiger partial charge in [0.1, 0.15) is 10.9 Å². The maximum absolute atomic E-state index is 12.1. The number of pyridine rings is 1. The minimum absolute atomic E-state index is 0.0816. The van der Waals surface area contributed by atoms with Gasteiger partial charge in [-0.25, -0.2) is 4.98 Å². The quantitative estimate of drug-likeness (QED) is 0.776. The lowest BCUT2D eigenvalue weighted by atomic mass is 10.1. The molecule has 0 unspecified atom stereocenters. The highest BCUT2D eigenvalue weighted by atomic mass is 35.5. The lowest BCUT2D eigenvalue weighted by Gasteiger charge is -2.35. The van der Waals surface area contributed by atoms with E-state index < -0.39 is 0 Å². The highest BCUT2D eigenvalue weighted by molar-refractivity contribution is 6.30. The Morgan fingerprint density at radius 1 is 1.18 bits per heavy atom. The number of aromatic nitrogens is 1. The Balaban J connectivity index is 1.57. The van der Waals surface area contributed by atoms with E-state index >= 15 is 0 Å². The van der Waals surface area contributed by atoms with Crippen LogP contribution in [0.25, 0.3) is 10.9 Å². The van der Waals surface area contributed by atoms with Crippen molar-refractivity contribution in [3.63, 3.8) is 0 Å². The summed E-state index contributed by atoms with van der Waals surface area (Å²) in [6.45, 7) is 10.8. The van der Waals surface area contributed by atoms with Crippen LogP contribution in [0.4, 0.5) is 0 Å². The Hall–Kier alpha value is -1.89. The smallest absolute Gasteiger partial charge is 0.234 e. The number of hydrogen-bond donors (Lipinski definition) is 1. The molecular weight excluding hydrogens is 376 g/mol. The van der Waals surface area contributed by atoms with Crippen molar-refractivity contribution in [2.45, 2.75) is 32.9 Å². The van der Waals surface area contributed by atoms with Crippen LogP contribution < -0.4 is 10.1 Å². The summed E-state index contributed by atoms with van der Waals surface area (Å²) >= 11 is 6.44. The Morgan fingerprint density at radius 3 is 2.50 bits per heavy atom. The number of piperazine rings is 1. The van der Waals surface area contributed by atoms with Crippen LogP contribution in [-0.2, 0) is 11.3 Å². The molecular formula is C21H29ClN4O2. The molecule has 0 radical (unpaired) electrons. The lowest BCUT2D eigenvalue weighted by molar-refractivity contribution is -0.124. The summed E-state index contributed by atoms with van der Waals surface area (Å²) in [5.74, 6) is 0.855. The van der Waals surface area contributed by atoms with Crippen molar-refractivity contribution < 1.29 is 9.53 Å². The summed E-state index contributed by atoms with van der Waals surface area (Å²) < 4.78 is 5.25. The predicted molar refractivity (Wildman–Crippen MR) is 113 cm³/mol. The van der Waals surface area contributed by atoms with E-state index in [0.717, 1.165) is 54.9 Å². The Labute approximate surface area is 171 Å². The lowest BCUT2D eigenvalue weighted by Crippen LogP contribution is -2.51. The van der Waals surface area contributed by atoms with Gasteiger partial charge in [0.2, 0.25) is 5.91 Å². The van der Waals surface area contributed by atoms with Crippen molar-refractivity contribution in [2.75, 3.05) is 39.8 Å². The van der Waals surface area contributed by atoms with Gasteiger partial charge in [-0.05, 0) is 39.0 Å². The number of amides is 1. The molecule has 2 heterocycles. The van der Waals surface area contributed by atoms with E-state index in [0.29, 0.717) is 11.7 Å². The minimum Gasteiger partial charge on any atom is -0.497 e. The number of nitrogens with zero attached hydrogens (tertiary/aromatic N) is 3. The fourth-order valence-electron chi connectivity index (χ4n) is 3.41. The van der Waals surface area contributed by atoms with Gasteiger partial charge in [-0.15, -0.1) is 0 Å². The summed E-state index contributed by atoms with van der Waals surface area (Å²) in [4.78, 5) is 21.2. The standard InChI is InChI=1S/C21H29ClN4O2/c1-21(2,3)24-19(27)14-26-9-7-25(8-10-26)13-16-11-15-5-6-17(28-4)12-18(15)23-20(16)22/h5-6,11-12H,7-10,13-14H2,1-4H3,(H,24,27). The van der Waals surface area contributed by atoms with E-state index in [2.05, 4.69) is 26.2 Å². The van der Waals surface area contributed by atoms with Crippen molar-refractivity contribution in [3.05, 3.63) is 35.0 Å². The van der Waals surface area contributed by atoms with E-state index in [1.54, 1.807) is 7.11 Å². The summed E-state index contributed by atoms with van der Waals surface area (Å²) in [6.07, 6.45) is 0. The molecule has 152 valence electrons. The van der Waals surface area contributed by atoms with Crippen LogP contribution in [-0.4, -0.2) is 66.1 Å². The van der Waals surface area contributed by atoms with E-state index in [9.17, 15) is 4.79 Å². The van der Waals surface area contributed by atoms with Gasteiger partial charge in [-0.2, -0.15) is 0 Å². The number of nitrogens with one attached hydrogen (secondary N) is 1. The Morgan fingerprint density at radius 2 is 1.86 bits per heavy atom. The monoisotopic (exact) mass is 404 g/mol. The number of fused-ring (bicyclic) bond motifs is 1. The van der Waals surface area contributed by atoms with Gasteiger partial charge in [0, 0.05) is 55.3 Å². The van der Waals surface area contributed by atoms with Crippen LogP contribution in [0.15, 0.2) is 24.3 Å². The van der Waals surface area contributed by atoms with Crippen molar-refractivity contribution >= 4 is 28.4 Å². The number of ether oxygens (including phenoxy) is 1. The molecule has 1 amide bonds. The van der Waals surface area contributed by atoms with Crippen molar-refractivity contribution in [1.29, 1.82) is 0 Å². The molecule has 1 aliphatic rings. The van der Waals surface area contributed by atoms with Crippen LogP contribution in [0, 0.1) is 0 Å². The predicted octanol–water partition coefficient (Wildman–Crippen LogP) is 2.93. The number of methoxy groups -OCH3 is 1. The third-order valence-corrected chi connectivity index (χ3v) is 5.12. The largest absolute Gasteiger partial charge is 0.497 e. The van der Waals surface area contributed by atoms with Crippen LogP contribution >= 0.6 is 11.6 Å². The third kappa shape index (κ3) is 5.56. The van der Waals surface area contributed by atoms with Gasteiger partial charge in [0.05, 0.1) is 19.2 Å². The van der Waals surface area contributed by atoms with Crippen molar-refractivity contribution in [3.8, 4) is 5.75 Å². The van der Waals surface area contributed by atoms with E-state index in [1.807, 2.05) is 39.0 Å². The molecule has 0 spiro atoms. The highest BCUT2D eigenvalue weighted by Crippen LogP contribution is 2.25. The average molecular weight is 405 g/mol. The Bertz CT molecular complexity index is 842. The summed E-state index contributed by atoms with van der Waals surface area (Å²) in [6, 6.07) is 7.94.